The second kappa shape index (κ2) is 5.55. The highest BCUT2D eigenvalue weighted by molar-refractivity contribution is 6.32. The smallest absolute Gasteiger partial charge is 0.137 e. The van der Waals surface area contributed by atoms with Gasteiger partial charge in [0.05, 0.1) is 12.1 Å². The Bertz CT molecular complexity index is 350. The van der Waals surface area contributed by atoms with E-state index in [1.54, 1.807) is 7.11 Å². The van der Waals surface area contributed by atoms with Gasteiger partial charge in [0.1, 0.15) is 5.75 Å². The molecule has 0 aliphatic rings. The summed E-state index contributed by atoms with van der Waals surface area (Å²) in [5, 5.41) is 4.15. The van der Waals surface area contributed by atoms with Gasteiger partial charge >= 0.3 is 0 Å². The van der Waals surface area contributed by atoms with Crippen molar-refractivity contribution in [1.29, 1.82) is 0 Å². The molecule has 0 saturated heterocycles. The molecule has 1 aromatic carbocycles. The lowest BCUT2D eigenvalue weighted by Crippen LogP contribution is -2.37. The molecule has 1 rings (SSSR count). The first kappa shape index (κ1) is 13.3. The van der Waals surface area contributed by atoms with Crippen LogP contribution in [0.15, 0.2) is 18.2 Å². The normalized spacial score (nSPS) is 11.6. The molecular weight excluding hydrogens is 222 g/mol. The van der Waals surface area contributed by atoms with E-state index >= 15 is 0 Å². The van der Waals surface area contributed by atoms with Crippen LogP contribution in [-0.2, 0) is 6.54 Å². The highest BCUT2D eigenvalue weighted by atomic mass is 35.5. The fourth-order valence-corrected chi connectivity index (χ4v) is 1.57. The summed E-state index contributed by atoms with van der Waals surface area (Å²) in [4.78, 5) is 0. The maximum Gasteiger partial charge on any atom is 0.137 e. The number of ether oxygens (including phenoxy) is 1. The summed E-state index contributed by atoms with van der Waals surface area (Å²) < 4.78 is 5.11. The van der Waals surface area contributed by atoms with Crippen LogP contribution in [0.2, 0.25) is 5.02 Å². The molecule has 0 spiro atoms. The average Bonchev–Trinajstić information content (AvgIpc) is 2.27. The van der Waals surface area contributed by atoms with Gasteiger partial charge in [-0.25, -0.2) is 0 Å². The molecule has 0 saturated carbocycles. The van der Waals surface area contributed by atoms with Crippen molar-refractivity contribution in [3.05, 3.63) is 28.8 Å². The lowest BCUT2D eigenvalue weighted by atomic mass is 10.0. The fourth-order valence-electron chi connectivity index (χ4n) is 1.29. The SMILES string of the molecule is CCC(C)(C)NCc1ccc(OC)c(Cl)c1. The highest BCUT2D eigenvalue weighted by Crippen LogP contribution is 2.25. The Hall–Kier alpha value is -0.730. The minimum Gasteiger partial charge on any atom is -0.495 e. The molecular formula is C13H20ClNO. The average molecular weight is 242 g/mol. The van der Waals surface area contributed by atoms with Gasteiger partial charge in [0.15, 0.2) is 0 Å². The standard InChI is InChI=1S/C13H20ClNO/c1-5-13(2,3)15-9-10-6-7-12(16-4)11(14)8-10/h6-8,15H,5,9H2,1-4H3. The van der Waals surface area contributed by atoms with Crippen molar-refractivity contribution in [1.82, 2.24) is 5.32 Å². The van der Waals surface area contributed by atoms with Crippen molar-refractivity contribution < 1.29 is 4.74 Å². The summed E-state index contributed by atoms with van der Waals surface area (Å²) in [7, 11) is 1.62. The first-order valence-electron chi connectivity index (χ1n) is 5.56. The van der Waals surface area contributed by atoms with Crippen molar-refractivity contribution in [3.8, 4) is 5.75 Å². The molecule has 0 heterocycles. The van der Waals surface area contributed by atoms with Crippen molar-refractivity contribution in [2.24, 2.45) is 0 Å². The van der Waals surface area contributed by atoms with E-state index < -0.39 is 0 Å². The second-order valence-corrected chi connectivity index (χ2v) is 4.97. The zero-order valence-electron chi connectivity index (χ0n) is 10.4. The second-order valence-electron chi connectivity index (χ2n) is 4.56. The molecule has 0 aromatic heterocycles. The molecule has 90 valence electrons. The molecule has 1 aromatic rings. The Labute approximate surface area is 103 Å². The highest BCUT2D eigenvalue weighted by Gasteiger charge is 2.13. The Morgan fingerprint density at radius 3 is 2.56 bits per heavy atom. The van der Waals surface area contributed by atoms with Gasteiger partial charge in [0, 0.05) is 12.1 Å². The zero-order valence-corrected chi connectivity index (χ0v) is 11.2. The molecule has 0 atom stereocenters. The summed E-state index contributed by atoms with van der Waals surface area (Å²) >= 11 is 6.06. The van der Waals surface area contributed by atoms with Crippen LogP contribution >= 0.6 is 11.6 Å². The summed E-state index contributed by atoms with van der Waals surface area (Å²) in [5.74, 6) is 0.722. The predicted molar refractivity (Wildman–Crippen MR) is 69.2 cm³/mol. The van der Waals surface area contributed by atoms with Crippen molar-refractivity contribution >= 4 is 11.6 Å². The first-order valence-corrected chi connectivity index (χ1v) is 5.94. The van der Waals surface area contributed by atoms with Gasteiger partial charge in [-0.3, -0.25) is 0 Å². The molecule has 1 N–H and O–H groups in total. The van der Waals surface area contributed by atoms with E-state index in [4.69, 9.17) is 16.3 Å². The van der Waals surface area contributed by atoms with Gasteiger partial charge in [-0.05, 0) is 38.0 Å². The minimum atomic E-state index is 0.159. The van der Waals surface area contributed by atoms with Crippen molar-refractivity contribution in [2.45, 2.75) is 39.3 Å². The number of hydrogen-bond donors (Lipinski definition) is 1. The van der Waals surface area contributed by atoms with E-state index in [0.29, 0.717) is 5.02 Å². The lowest BCUT2D eigenvalue weighted by molar-refractivity contribution is 0.374. The third-order valence-electron chi connectivity index (χ3n) is 2.87. The molecule has 0 radical (unpaired) electrons. The predicted octanol–water partition coefficient (Wildman–Crippen LogP) is 3.63. The third kappa shape index (κ3) is 3.69. The molecule has 0 aliphatic carbocycles. The van der Waals surface area contributed by atoms with Crippen LogP contribution in [0.1, 0.15) is 32.8 Å². The summed E-state index contributed by atoms with van der Waals surface area (Å²) in [6.07, 6.45) is 1.09. The summed E-state index contributed by atoms with van der Waals surface area (Å²) in [6, 6.07) is 5.88. The Morgan fingerprint density at radius 1 is 1.38 bits per heavy atom. The van der Waals surface area contributed by atoms with Crippen LogP contribution in [0.25, 0.3) is 0 Å². The zero-order chi connectivity index (χ0) is 12.2. The maximum absolute atomic E-state index is 6.06. The van der Waals surface area contributed by atoms with Crippen LogP contribution < -0.4 is 10.1 Å². The van der Waals surface area contributed by atoms with E-state index in [-0.39, 0.29) is 5.54 Å². The summed E-state index contributed by atoms with van der Waals surface area (Å²) in [6.45, 7) is 7.38. The van der Waals surface area contributed by atoms with E-state index in [2.05, 4.69) is 26.1 Å². The molecule has 2 nitrogen and oxygen atoms in total. The largest absolute Gasteiger partial charge is 0.495 e. The number of nitrogens with one attached hydrogen (secondary N) is 1. The first-order chi connectivity index (χ1) is 7.48. The van der Waals surface area contributed by atoms with E-state index in [9.17, 15) is 0 Å². The molecule has 3 heteroatoms. The Balaban J connectivity index is 2.65. The molecule has 0 fully saturated rings. The molecule has 0 unspecified atom stereocenters. The monoisotopic (exact) mass is 241 g/mol. The number of hydrogen-bond acceptors (Lipinski definition) is 2. The molecule has 0 bridgehead atoms. The van der Waals surface area contributed by atoms with Gasteiger partial charge in [-0.15, -0.1) is 0 Å². The van der Waals surface area contributed by atoms with Crippen molar-refractivity contribution in [3.63, 3.8) is 0 Å². The Kier molecular flexibility index (Phi) is 4.63. The van der Waals surface area contributed by atoms with E-state index in [1.165, 1.54) is 5.56 Å². The van der Waals surface area contributed by atoms with Crippen LogP contribution in [0.4, 0.5) is 0 Å². The minimum absolute atomic E-state index is 0.159. The van der Waals surface area contributed by atoms with Gasteiger partial charge in [-0.1, -0.05) is 24.6 Å². The third-order valence-corrected chi connectivity index (χ3v) is 3.17. The van der Waals surface area contributed by atoms with Gasteiger partial charge < -0.3 is 10.1 Å². The Morgan fingerprint density at radius 2 is 2.06 bits per heavy atom. The number of benzene rings is 1. The topological polar surface area (TPSA) is 21.3 Å². The maximum atomic E-state index is 6.06. The quantitative estimate of drug-likeness (QED) is 0.850. The summed E-state index contributed by atoms with van der Waals surface area (Å²) in [5.41, 5.74) is 1.33. The van der Waals surface area contributed by atoms with Crippen LogP contribution in [0, 0.1) is 0 Å². The van der Waals surface area contributed by atoms with Gasteiger partial charge in [0.2, 0.25) is 0 Å². The van der Waals surface area contributed by atoms with Crippen molar-refractivity contribution in [2.75, 3.05) is 7.11 Å². The molecule has 0 aliphatic heterocycles. The number of methoxy groups -OCH3 is 1. The van der Waals surface area contributed by atoms with Crippen LogP contribution in [0.5, 0.6) is 5.75 Å². The molecule has 0 amide bonds. The van der Waals surface area contributed by atoms with E-state index in [0.717, 1.165) is 18.7 Å². The van der Waals surface area contributed by atoms with Gasteiger partial charge in [0.25, 0.3) is 0 Å². The number of rotatable bonds is 5. The lowest BCUT2D eigenvalue weighted by Gasteiger charge is -2.24. The van der Waals surface area contributed by atoms with Crippen LogP contribution in [-0.4, -0.2) is 12.6 Å². The van der Waals surface area contributed by atoms with E-state index in [1.807, 2.05) is 18.2 Å². The number of halogens is 1. The van der Waals surface area contributed by atoms with Gasteiger partial charge in [-0.2, -0.15) is 0 Å². The van der Waals surface area contributed by atoms with Crippen LogP contribution in [0.3, 0.4) is 0 Å². The molecule has 16 heavy (non-hydrogen) atoms. The fraction of sp³-hybridized carbons (Fsp3) is 0.538.